The van der Waals surface area contributed by atoms with Gasteiger partial charge in [-0.3, -0.25) is 14.7 Å². The molecule has 1 amide bonds. The van der Waals surface area contributed by atoms with E-state index in [1.54, 1.807) is 12.4 Å². The molecule has 8 heteroatoms. The first-order chi connectivity index (χ1) is 9.74. The van der Waals surface area contributed by atoms with Crippen molar-refractivity contribution in [1.82, 2.24) is 20.1 Å². The van der Waals surface area contributed by atoms with Crippen LogP contribution in [0, 0.1) is 0 Å². The topological polar surface area (TPSA) is 48.5 Å². The maximum Gasteiger partial charge on any atom is 0.255 e. The molecule has 2 aliphatic rings. The molecule has 124 valence electrons. The van der Waals surface area contributed by atoms with E-state index in [1.165, 1.54) is 6.42 Å². The standard InChI is InChI=1S/C14H19BrN4O.2ClH/c15-12-7-11(8-17-9-12)14(20)19-5-3-18(4-6-19)13-1-2-16-10-13;;/h7-9,13,16H,1-6,10H2;2*1H. The van der Waals surface area contributed by atoms with Crippen LogP contribution in [0.4, 0.5) is 0 Å². The average Bonchev–Trinajstić information content (AvgIpc) is 3.01. The number of aromatic nitrogens is 1. The SMILES string of the molecule is Cl.Cl.O=C(c1cncc(Br)c1)N1CCN(C2CCNC2)CC1. The summed E-state index contributed by atoms with van der Waals surface area (Å²) in [4.78, 5) is 20.9. The lowest BCUT2D eigenvalue weighted by atomic mass is 10.1. The van der Waals surface area contributed by atoms with Gasteiger partial charge in [-0.25, -0.2) is 0 Å². The summed E-state index contributed by atoms with van der Waals surface area (Å²) in [6.07, 6.45) is 4.56. The van der Waals surface area contributed by atoms with Gasteiger partial charge in [0.1, 0.15) is 0 Å². The number of pyridine rings is 1. The summed E-state index contributed by atoms with van der Waals surface area (Å²) in [7, 11) is 0. The van der Waals surface area contributed by atoms with Crippen molar-refractivity contribution >= 4 is 46.7 Å². The monoisotopic (exact) mass is 410 g/mol. The first kappa shape index (κ1) is 19.6. The minimum atomic E-state index is 0. The third-order valence-electron chi connectivity index (χ3n) is 4.10. The fourth-order valence-corrected chi connectivity index (χ4v) is 3.32. The summed E-state index contributed by atoms with van der Waals surface area (Å²) >= 11 is 3.36. The number of amides is 1. The van der Waals surface area contributed by atoms with Crippen LogP contribution in [0.25, 0.3) is 0 Å². The van der Waals surface area contributed by atoms with Crippen LogP contribution >= 0.6 is 40.7 Å². The molecule has 2 saturated heterocycles. The Morgan fingerprint density at radius 1 is 1.23 bits per heavy atom. The Labute approximate surface area is 151 Å². The van der Waals surface area contributed by atoms with Gasteiger partial charge in [0, 0.05) is 55.6 Å². The summed E-state index contributed by atoms with van der Waals surface area (Å²) in [6.45, 7) is 5.76. The van der Waals surface area contributed by atoms with Gasteiger partial charge in [0.2, 0.25) is 0 Å². The van der Waals surface area contributed by atoms with Crippen molar-refractivity contribution in [3.8, 4) is 0 Å². The molecule has 3 heterocycles. The van der Waals surface area contributed by atoms with Crippen LogP contribution < -0.4 is 5.32 Å². The van der Waals surface area contributed by atoms with E-state index in [0.717, 1.165) is 43.7 Å². The van der Waals surface area contributed by atoms with Crippen LogP contribution in [0.5, 0.6) is 0 Å². The Bertz CT molecular complexity index is 491. The molecule has 1 unspecified atom stereocenters. The lowest BCUT2D eigenvalue weighted by Gasteiger charge is -2.37. The highest BCUT2D eigenvalue weighted by Gasteiger charge is 2.28. The van der Waals surface area contributed by atoms with Gasteiger partial charge in [-0.05, 0) is 35.0 Å². The molecule has 22 heavy (non-hydrogen) atoms. The molecule has 1 aromatic heterocycles. The zero-order chi connectivity index (χ0) is 13.9. The van der Waals surface area contributed by atoms with Crippen LogP contribution in [0.1, 0.15) is 16.8 Å². The number of hydrogen-bond donors (Lipinski definition) is 1. The molecule has 1 aromatic rings. The highest BCUT2D eigenvalue weighted by Crippen LogP contribution is 2.15. The Kier molecular flexibility index (Phi) is 8.07. The maximum absolute atomic E-state index is 12.4. The van der Waals surface area contributed by atoms with Crippen molar-refractivity contribution in [1.29, 1.82) is 0 Å². The van der Waals surface area contributed by atoms with Gasteiger partial charge in [0.25, 0.3) is 5.91 Å². The van der Waals surface area contributed by atoms with Crippen molar-refractivity contribution in [2.75, 3.05) is 39.3 Å². The van der Waals surface area contributed by atoms with Crippen LogP contribution in [0.3, 0.4) is 0 Å². The summed E-state index contributed by atoms with van der Waals surface area (Å²) in [5, 5.41) is 3.40. The zero-order valence-corrected chi connectivity index (χ0v) is 15.4. The molecule has 0 bridgehead atoms. The molecule has 1 N–H and O–H groups in total. The first-order valence-electron chi connectivity index (χ1n) is 7.08. The van der Waals surface area contributed by atoms with E-state index in [1.807, 2.05) is 11.0 Å². The first-order valence-corrected chi connectivity index (χ1v) is 7.88. The zero-order valence-electron chi connectivity index (χ0n) is 12.2. The van der Waals surface area contributed by atoms with E-state index >= 15 is 0 Å². The largest absolute Gasteiger partial charge is 0.336 e. The second kappa shape index (κ2) is 9.03. The Balaban J connectivity index is 0.00000121. The molecule has 2 aliphatic heterocycles. The Morgan fingerprint density at radius 3 is 2.55 bits per heavy atom. The van der Waals surface area contributed by atoms with Crippen LogP contribution in [0.15, 0.2) is 22.9 Å². The number of rotatable bonds is 2. The third-order valence-corrected chi connectivity index (χ3v) is 4.54. The van der Waals surface area contributed by atoms with Gasteiger partial charge in [-0.15, -0.1) is 24.8 Å². The fourth-order valence-electron chi connectivity index (χ4n) is 2.95. The van der Waals surface area contributed by atoms with Crippen molar-refractivity contribution in [3.63, 3.8) is 0 Å². The van der Waals surface area contributed by atoms with Crippen LogP contribution in [0.2, 0.25) is 0 Å². The number of carbonyl (C=O) groups excluding carboxylic acids is 1. The van der Waals surface area contributed by atoms with E-state index < -0.39 is 0 Å². The van der Waals surface area contributed by atoms with Crippen LogP contribution in [-0.4, -0.2) is 66.0 Å². The van der Waals surface area contributed by atoms with E-state index in [2.05, 4.69) is 31.1 Å². The fraction of sp³-hybridized carbons (Fsp3) is 0.571. The maximum atomic E-state index is 12.4. The summed E-state index contributed by atoms with van der Waals surface area (Å²) < 4.78 is 0.846. The molecule has 0 spiro atoms. The predicted molar refractivity (Wildman–Crippen MR) is 95.2 cm³/mol. The van der Waals surface area contributed by atoms with E-state index in [0.29, 0.717) is 11.6 Å². The molecular weight excluding hydrogens is 391 g/mol. The highest BCUT2D eigenvalue weighted by atomic mass is 79.9. The molecule has 5 nitrogen and oxygen atoms in total. The number of nitrogens with one attached hydrogen (secondary N) is 1. The number of carbonyl (C=O) groups is 1. The highest BCUT2D eigenvalue weighted by molar-refractivity contribution is 9.10. The second-order valence-corrected chi connectivity index (χ2v) is 6.28. The lowest BCUT2D eigenvalue weighted by Crippen LogP contribution is -2.52. The van der Waals surface area contributed by atoms with Crippen molar-refractivity contribution in [3.05, 3.63) is 28.5 Å². The molecule has 2 fully saturated rings. The minimum Gasteiger partial charge on any atom is -0.336 e. The van der Waals surface area contributed by atoms with Gasteiger partial charge in [-0.2, -0.15) is 0 Å². The predicted octanol–water partition coefficient (Wildman–Crippen LogP) is 1.81. The molecule has 0 aliphatic carbocycles. The lowest BCUT2D eigenvalue weighted by molar-refractivity contribution is 0.0583. The van der Waals surface area contributed by atoms with Crippen molar-refractivity contribution in [2.45, 2.75) is 12.5 Å². The molecular formula is C14H21BrCl2N4O. The molecule has 1 atom stereocenters. The van der Waals surface area contributed by atoms with Crippen molar-refractivity contribution < 1.29 is 4.79 Å². The van der Waals surface area contributed by atoms with Gasteiger partial charge < -0.3 is 10.2 Å². The molecule has 0 saturated carbocycles. The molecule has 0 radical (unpaired) electrons. The van der Waals surface area contributed by atoms with Gasteiger partial charge >= 0.3 is 0 Å². The summed E-state index contributed by atoms with van der Waals surface area (Å²) in [5.41, 5.74) is 0.662. The van der Waals surface area contributed by atoms with E-state index in [4.69, 9.17) is 0 Å². The molecule has 0 aromatic carbocycles. The van der Waals surface area contributed by atoms with Gasteiger partial charge in [0.05, 0.1) is 5.56 Å². The van der Waals surface area contributed by atoms with Crippen molar-refractivity contribution in [2.24, 2.45) is 0 Å². The van der Waals surface area contributed by atoms with Crippen LogP contribution in [-0.2, 0) is 0 Å². The molecule has 3 rings (SSSR count). The summed E-state index contributed by atoms with van der Waals surface area (Å²) in [6, 6.07) is 2.49. The number of piperazine rings is 1. The summed E-state index contributed by atoms with van der Waals surface area (Å²) in [5.74, 6) is 0.0861. The van der Waals surface area contributed by atoms with E-state index in [9.17, 15) is 4.79 Å². The Hall–Kier alpha value is -0.400. The van der Waals surface area contributed by atoms with E-state index in [-0.39, 0.29) is 30.7 Å². The normalized spacial score (nSPS) is 21.9. The third kappa shape index (κ3) is 4.55. The van der Waals surface area contributed by atoms with Gasteiger partial charge in [0.15, 0.2) is 0 Å². The number of nitrogens with zero attached hydrogens (tertiary/aromatic N) is 3. The minimum absolute atomic E-state index is 0. The average molecular weight is 412 g/mol. The quantitative estimate of drug-likeness (QED) is 0.806. The smallest absolute Gasteiger partial charge is 0.255 e. The number of hydrogen-bond acceptors (Lipinski definition) is 4. The van der Waals surface area contributed by atoms with Gasteiger partial charge in [-0.1, -0.05) is 0 Å². The second-order valence-electron chi connectivity index (χ2n) is 5.37. The number of halogens is 3. The Morgan fingerprint density at radius 2 is 1.95 bits per heavy atom.